The number of aryl methyl sites for hydroxylation is 2. The zero-order valence-corrected chi connectivity index (χ0v) is 8.64. The average Bonchev–Trinajstić information content (AvgIpc) is 2.65. The molecule has 0 atom stereocenters. The highest BCUT2D eigenvalue weighted by Crippen LogP contribution is 2.18. The molecule has 0 radical (unpaired) electrons. The standard InChI is InChI=1S/C11H11N3O/c1-8-3-4-9(7-15)12-11(8)10-5-6-14(2)13-10/h3-7H,1-2H3. The van der Waals surface area contributed by atoms with Gasteiger partial charge in [-0.05, 0) is 24.6 Å². The topological polar surface area (TPSA) is 47.8 Å². The van der Waals surface area contributed by atoms with Crippen LogP contribution in [0.25, 0.3) is 11.4 Å². The number of aromatic nitrogens is 3. The van der Waals surface area contributed by atoms with E-state index in [1.54, 1.807) is 10.7 Å². The number of carbonyl (C=O) groups is 1. The normalized spacial score (nSPS) is 10.3. The lowest BCUT2D eigenvalue weighted by Crippen LogP contribution is -1.95. The molecule has 2 heterocycles. The van der Waals surface area contributed by atoms with Crippen LogP contribution < -0.4 is 0 Å². The number of rotatable bonds is 2. The smallest absolute Gasteiger partial charge is 0.168 e. The summed E-state index contributed by atoms with van der Waals surface area (Å²) in [5, 5.41) is 4.26. The van der Waals surface area contributed by atoms with Crippen molar-refractivity contribution in [2.45, 2.75) is 6.92 Å². The largest absolute Gasteiger partial charge is 0.296 e. The maximum absolute atomic E-state index is 10.6. The summed E-state index contributed by atoms with van der Waals surface area (Å²) in [6, 6.07) is 5.46. The molecular weight excluding hydrogens is 190 g/mol. The van der Waals surface area contributed by atoms with E-state index >= 15 is 0 Å². The second-order valence-corrected chi connectivity index (χ2v) is 3.39. The number of pyridine rings is 1. The highest BCUT2D eigenvalue weighted by Gasteiger charge is 2.07. The lowest BCUT2D eigenvalue weighted by Gasteiger charge is -2.01. The molecule has 2 aromatic rings. The van der Waals surface area contributed by atoms with Crippen molar-refractivity contribution >= 4 is 6.29 Å². The zero-order chi connectivity index (χ0) is 10.8. The molecule has 4 heteroatoms. The second-order valence-electron chi connectivity index (χ2n) is 3.39. The van der Waals surface area contributed by atoms with Gasteiger partial charge >= 0.3 is 0 Å². The molecule has 0 amide bonds. The van der Waals surface area contributed by atoms with Gasteiger partial charge in [0.1, 0.15) is 11.4 Å². The van der Waals surface area contributed by atoms with Crippen LogP contribution in [0.4, 0.5) is 0 Å². The van der Waals surface area contributed by atoms with Gasteiger partial charge in [-0.25, -0.2) is 4.98 Å². The molecular formula is C11H11N3O. The van der Waals surface area contributed by atoms with Crippen molar-refractivity contribution in [3.05, 3.63) is 35.7 Å². The predicted molar refractivity (Wildman–Crippen MR) is 56.6 cm³/mol. The summed E-state index contributed by atoms with van der Waals surface area (Å²) < 4.78 is 1.71. The van der Waals surface area contributed by atoms with Crippen LogP contribution >= 0.6 is 0 Å². The molecule has 0 spiro atoms. The van der Waals surface area contributed by atoms with Crippen molar-refractivity contribution in [2.24, 2.45) is 7.05 Å². The number of nitrogens with zero attached hydrogens (tertiary/aromatic N) is 3. The monoisotopic (exact) mass is 201 g/mol. The minimum absolute atomic E-state index is 0.432. The minimum atomic E-state index is 0.432. The van der Waals surface area contributed by atoms with Crippen LogP contribution in [0.15, 0.2) is 24.4 Å². The third kappa shape index (κ3) is 1.79. The zero-order valence-electron chi connectivity index (χ0n) is 8.64. The van der Waals surface area contributed by atoms with Gasteiger partial charge in [0.25, 0.3) is 0 Å². The Balaban J connectivity index is 2.55. The van der Waals surface area contributed by atoms with Crippen molar-refractivity contribution in [1.82, 2.24) is 14.8 Å². The van der Waals surface area contributed by atoms with Gasteiger partial charge in [-0.15, -0.1) is 0 Å². The van der Waals surface area contributed by atoms with Crippen LogP contribution in [0.1, 0.15) is 16.1 Å². The summed E-state index contributed by atoms with van der Waals surface area (Å²) in [6.45, 7) is 1.95. The molecule has 4 nitrogen and oxygen atoms in total. The summed E-state index contributed by atoms with van der Waals surface area (Å²) in [5.74, 6) is 0. The van der Waals surface area contributed by atoms with Gasteiger partial charge in [0.2, 0.25) is 0 Å². The number of hydrogen-bond donors (Lipinski definition) is 0. The summed E-state index contributed by atoms with van der Waals surface area (Å²) in [5.41, 5.74) is 3.00. The van der Waals surface area contributed by atoms with Gasteiger partial charge in [-0.3, -0.25) is 9.48 Å². The summed E-state index contributed by atoms with van der Waals surface area (Å²) in [6.07, 6.45) is 2.59. The van der Waals surface area contributed by atoms with Crippen LogP contribution in [-0.4, -0.2) is 21.1 Å². The lowest BCUT2D eigenvalue weighted by atomic mass is 10.1. The first kappa shape index (κ1) is 9.58. The third-order valence-electron chi connectivity index (χ3n) is 2.20. The van der Waals surface area contributed by atoms with Crippen LogP contribution in [0.3, 0.4) is 0 Å². The summed E-state index contributed by atoms with van der Waals surface area (Å²) in [7, 11) is 1.85. The predicted octanol–water partition coefficient (Wildman–Crippen LogP) is 1.60. The highest BCUT2D eigenvalue weighted by molar-refractivity contribution is 5.74. The molecule has 0 unspecified atom stereocenters. The minimum Gasteiger partial charge on any atom is -0.296 e. The fourth-order valence-electron chi connectivity index (χ4n) is 1.41. The Morgan fingerprint density at radius 1 is 1.33 bits per heavy atom. The average molecular weight is 201 g/mol. The van der Waals surface area contributed by atoms with Crippen molar-refractivity contribution in [2.75, 3.05) is 0 Å². The fraction of sp³-hybridized carbons (Fsp3) is 0.182. The Kier molecular flexibility index (Phi) is 2.33. The molecule has 0 aromatic carbocycles. The SMILES string of the molecule is Cc1ccc(C=O)nc1-c1ccn(C)n1. The molecule has 0 N–H and O–H groups in total. The molecule has 15 heavy (non-hydrogen) atoms. The van der Waals surface area contributed by atoms with Gasteiger partial charge in [-0.2, -0.15) is 5.10 Å². The Hall–Kier alpha value is -1.97. The van der Waals surface area contributed by atoms with E-state index in [1.807, 2.05) is 32.3 Å². The molecule has 0 saturated carbocycles. The molecule has 0 saturated heterocycles. The Bertz CT molecular complexity index is 502. The molecule has 0 fully saturated rings. The van der Waals surface area contributed by atoms with E-state index in [9.17, 15) is 4.79 Å². The van der Waals surface area contributed by atoms with Crippen molar-refractivity contribution in [1.29, 1.82) is 0 Å². The fourth-order valence-corrected chi connectivity index (χ4v) is 1.41. The second kappa shape index (κ2) is 3.65. The first-order chi connectivity index (χ1) is 7.20. The molecule has 0 aliphatic rings. The van der Waals surface area contributed by atoms with Gasteiger partial charge in [0.05, 0.1) is 5.69 Å². The number of aldehydes is 1. The van der Waals surface area contributed by atoms with Gasteiger partial charge < -0.3 is 0 Å². The Morgan fingerprint density at radius 3 is 2.73 bits per heavy atom. The van der Waals surface area contributed by atoms with Crippen LogP contribution in [-0.2, 0) is 7.05 Å². The van der Waals surface area contributed by atoms with Crippen molar-refractivity contribution in [3.63, 3.8) is 0 Å². The van der Waals surface area contributed by atoms with E-state index < -0.39 is 0 Å². The first-order valence-corrected chi connectivity index (χ1v) is 4.63. The van der Waals surface area contributed by atoms with E-state index in [0.717, 1.165) is 23.2 Å². The maximum atomic E-state index is 10.6. The molecule has 0 bridgehead atoms. The van der Waals surface area contributed by atoms with E-state index in [4.69, 9.17) is 0 Å². The van der Waals surface area contributed by atoms with Crippen LogP contribution in [0.5, 0.6) is 0 Å². The van der Waals surface area contributed by atoms with E-state index in [-0.39, 0.29) is 0 Å². The van der Waals surface area contributed by atoms with Crippen LogP contribution in [0, 0.1) is 6.92 Å². The molecule has 0 aliphatic heterocycles. The summed E-state index contributed by atoms with van der Waals surface area (Å²) >= 11 is 0. The van der Waals surface area contributed by atoms with Gasteiger partial charge in [0, 0.05) is 13.2 Å². The molecule has 76 valence electrons. The van der Waals surface area contributed by atoms with Crippen molar-refractivity contribution in [3.8, 4) is 11.4 Å². The summed E-state index contributed by atoms with van der Waals surface area (Å²) in [4.78, 5) is 14.8. The first-order valence-electron chi connectivity index (χ1n) is 4.63. The van der Waals surface area contributed by atoms with Crippen molar-refractivity contribution < 1.29 is 4.79 Å². The molecule has 2 rings (SSSR count). The molecule has 0 aliphatic carbocycles. The van der Waals surface area contributed by atoms with E-state index in [1.165, 1.54) is 0 Å². The number of carbonyl (C=O) groups excluding carboxylic acids is 1. The van der Waals surface area contributed by atoms with Crippen LogP contribution in [0.2, 0.25) is 0 Å². The lowest BCUT2D eigenvalue weighted by molar-refractivity contribution is 0.111. The Morgan fingerprint density at radius 2 is 2.13 bits per heavy atom. The third-order valence-corrected chi connectivity index (χ3v) is 2.20. The van der Waals surface area contributed by atoms with E-state index in [2.05, 4.69) is 10.1 Å². The van der Waals surface area contributed by atoms with Gasteiger partial charge in [-0.1, -0.05) is 6.07 Å². The van der Waals surface area contributed by atoms with E-state index in [0.29, 0.717) is 5.69 Å². The maximum Gasteiger partial charge on any atom is 0.168 e. The number of hydrogen-bond acceptors (Lipinski definition) is 3. The van der Waals surface area contributed by atoms with Gasteiger partial charge in [0.15, 0.2) is 6.29 Å². The molecule has 2 aromatic heterocycles. The Labute approximate surface area is 87.6 Å². The highest BCUT2D eigenvalue weighted by atomic mass is 16.1. The quantitative estimate of drug-likeness (QED) is 0.693.